The quantitative estimate of drug-likeness (QED) is 0.496. The van der Waals surface area contributed by atoms with E-state index < -0.39 is 33.8 Å². The SMILES string of the molecule is [Li+].[NH-]S(=O)(=O)C(F)(F)C(F)(F)C(F)(F)CF. The molecule has 0 spiro atoms. The van der Waals surface area contributed by atoms with Crippen LogP contribution in [0.1, 0.15) is 0 Å². The topological polar surface area (TPSA) is 57.9 Å². The van der Waals surface area contributed by atoms with Gasteiger partial charge in [0.05, 0.1) is 0 Å². The van der Waals surface area contributed by atoms with Gasteiger partial charge < -0.3 is 5.14 Å². The van der Waals surface area contributed by atoms with Crippen LogP contribution < -0.4 is 18.9 Å². The molecule has 0 amide bonds. The number of halogens is 7. The van der Waals surface area contributed by atoms with Gasteiger partial charge in [0.2, 0.25) is 0 Å². The molecule has 0 fully saturated rings. The molecule has 0 aliphatic rings. The summed E-state index contributed by atoms with van der Waals surface area (Å²) in [4.78, 5) is 0. The third kappa shape index (κ3) is 2.64. The monoisotopic (exact) mass is 269 g/mol. The zero-order valence-corrected chi connectivity index (χ0v) is 8.39. The molecule has 0 atom stereocenters. The van der Waals surface area contributed by atoms with Crippen molar-refractivity contribution in [2.45, 2.75) is 17.1 Å². The predicted molar refractivity (Wildman–Crippen MR) is 34.1 cm³/mol. The molecule has 0 saturated carbocycles. The van der Waals surface area contributed by atoms with Crippen LogP contribution in [0.5, 0.6) is 0 Å². The smallest absolute Gasteiger partial charge is 0.559 e. The van der Waals surface area contributed by atoms with Crippen LogP contribution in [0, 0.1) is 0 Å². The fourth-order valence-electron chi connectivity index (χ4n) is 0.466. The zero-order chi connectivity index (χ0) is 12.7. The number of nitrogens with one attached hydrogen (secondary N) is 1. The van der Waals surface area contributed by atoms with Gasteiger partial charge in [0.15, 0.2) is 6.67 Å². The Bertz CT molecular complexity index is 342. The minimum absolute atomic E-state index is 0. The number of rotatable bonds is 4. The molecule has 3 nitrogen and oxygen atoms in total. The van der Waals surface area contributed by atoms with Gasteiger partial charge in [-0.1, -0.05) is 0 Å². The van der Waals surface area contributed by atoms with Crippen molar-refractivity contribution in [3.05, 3.63) is 5.14 Å². The van der Waals surface area contributed by atoms with Crippen molar-refractivity contribution in [3.8, 4) is 0 Å². The van der Waals surface area contributed by atoms with Crippen LogP contribution >= 0.6 is 0 Å². The maximum atomic E-state index is 12.2. The molecule has 0 unspecified atom stereocenters. The van der Waals surface area contributed by atoms with Crippen LogP contribution in [0.15, 0.2) is 0 Å². The number of alkyl halides is 7. The van der Waals surface area contributed by atoms with Crippen LogP contribution in [0.25, 0.3) is 5.14 Å². The van der Waals surface area contributed by atoms with Crippen LogP contribution in [0.2, 0.25) is 0 Å². The molecular formula is C4H3F7LiNO2S. The molecule has 12 heteroatoms. The Morgan fingerprint density at radius 3 is 1.50 bits per heavy atom. The Hall–Kier alpha value is 0.0174. The standard InChI is InChI=1S/C4H3F7NO2S.Li/c5-1-2(6,7)3(8,9)4(10,11)15(12,13)14;/h1H2,(H-,12,13,14);/q-1;+1. The second kappa shape index (κ2) is 4.71. The Labute approximate surface area is 97.4 Å². The zero-order valence-electron chi connectivity index (χ0n) is 7.58. The number of hydrogen-bond donors (Lipinski definition) is 0. The molecule has 16 heavy (non-hydrogen) atoms. The van der Waals surface area contributed by atoms with E-state index in [9.17, 15) is 39.2 Å². The minimum atomic E-state index is -6.53. The maximum Gasteiger partial charge on any atom is 1.00 e. The average Bonchev–Trinajstić information content (AvgIpc) is 2.01. The van der Waals surface area contributed by atoms with E-state index in [1.807, 2.05) is 0 Å². The first kappa shape index (κ1) is 18.4. The van der Waals surface area contributed by atoms with Crippen molar-refractivity contribution < 1.29 is 58.0 Å². The van der Waals surface area contributed by atoms with Crippen molar-refractivity contribution in [2.75, 3.05) is 6.67 Å². The first-order valence-corrected chi connectivity index (χ1v) is 4.48. The van der Waals surface area contributed by atoms with E-state index in [-0.39, 0.29) is 18.9 Å². The van der Waals surface area contributed by atoms with Gasteiger partial charge in [0, 0.05) is 0 Å². The summed E-state index contributed by atoms with van der Waals surface area (Å²) in [6, 6.07) is 0. The van der Waals surface area contributed by atoms with E-state index in [1.165, 1.54) is 0 Å². The summed E-state index contributed by atoms with van der Waals surface area (Å²) >= 11 is 0. The summed E-state index contributed by atoms with van der Waals surface area (Å²) in [7, 11) is -6.53. The van der Waals surface area contributed by atoms with Gasteiger partial charge in [-0.25, -0.2) is 12.8 Å². The summed E-state index contributed by atoms with van der Waals surface area (Å²) < 4.78 is 104. The summed E-state index contributed by atoms with van der Waals surface area (Å²) in [5.41, 5.74) is 0. The molecule has 0 aromatic carbocycles. The van der Waals surface area contributed by atoms with Gasteiger partial charge in [0.25, 0.3) is 0 Å². The van der Waals surface area contributed by atoms with Crippen molar-refractivity contribution in [1.82, 2.24) is 0 Å². The first-order chi connectivity index (χ1) is 6.31. The van der Waals surface area contributed by atoms with Crippen molar-refractivity contribution >= 4 is 10.0 Å². The van der Waals surface area contributed by atoms with Crippen LogP contribution in [0.4, 0.5) is 30.7 Å². The largest absolute Gasteiger partial charge is 1.00 e. The molecule has 0 bridgehead atoms. The number of sulfonamides is 1. The molecule has 0 rings (SSSR count). The average molecular weight is 269 g/mol. The van der Waals surface area contributed by atoms with E-state index in [0.717, 1.165) is 0 Å². The summed E-state index contributed by atoms with van der Waals surface area (Å²) in [5.74, 6) is -12.4. The molecule has 0 radical (unpaired) electrons. The van der Waals surface area contributed by atoms with Crippen molar-refractivity contribution in [1.29, 1.82) is 0 Å². The molecule has 1 N–H and O–H groups in total. The van der Waals surface area contributed by atoms with E-state index in [4.69, 9.17) is 5.14 Å². The van der Waals surface area contributed by atoms with E-state index in [1.54, 1.807) is 0 Å². The first-order valence-electron chi connectivity index (χ1n) is 3.00. The van der Waals surface area contributed by atoms with Gasteiger partial charge in [-0.2, -0.15) is 26.3 Å². The maximum absolute atomic E-state index is 12.2. The molecular weight excluding hydrogens is 266 g/mol. The second-order valence-electron chi connectivity index (χ2n) is 2.43. The summed E-state index contributed by atoms with van der Waals surface area (Å²) in [6.45, 7) is -3.18. The Balaban J connectivity index is 0. The molecule has 92 valence electrons. The molecule has 0 aliphatic heterocycles. The fraction of sp³-hybridized carbons (Fsp3) is 1.00. The van der Waals surface area contributed by atoms with E-state index >= 15 is 0 Å². The van der Waals surface area contributed by atoms with Crippen LogP contribution in [-0.2, 0) is 10.0 Å². The van der Waals surface area contributed by atoms with Gasteiger partial charge in [-0.05, 0) is 0 Å². The second-order valence-corrected chi connectivity index (χ2v) is 3.95. The normalized spacial score (nSPS) is 14.5. The van der Waals surface area contributed by atoms with E-state index in [2.05, 4.69) is 0 Å². The Kier molecular flexibility index (Phi) is 5.42. The van der Waals surface area contributed by atoms with Crippen LogP contribution in [-0.4, -0.2) is 32.2 Å². The van der Waals surface area contributed by atoms with Crippen molar-refractivity contribution in [3.63, 3.8) is 0 Å². The van der Waals surface area contributed by atoms with Gasteiger partial charge >= 0.3 is 36.0 Å². The third-order valence-electron chi connectivity index (χ3n) is 1.33. The van der Waals surface area contributed by atoms with Gasteiger partial charge in [-0.15, -0.1) is 0 Å². The molecule has 0 aromatic rings. The van der Waals surface area contributed by atoms with Gasteiger partial charge in [0.1, 0.15) is 10.0 Å². The molecule has 0 heterocycles. The molecule has 0 aromatic heterocycles. The fourth-order valence-corrected chi connectivity index (χ4v) is 0.952. The van der Waals surface area contributed by atoms with E-state index in [0.29, 0.717) is 0 Å². The Morgan fingerprint density at radius 2 is 1.31 bits per heavy atom. The molecule has 0 aliphatic carbocycles. The number of hydrogen-bond acceptors (Lipinski definition) is 2. The molecule has 0 saturated heterocycles. The van der Waals surface area contributed by atoms with Gasteiger partial charge in [-0.3, -0.25) is 0 Å². The summed E-state index contributed by atoms with van der Waals surface area (Å²) in [6.07, 6.45) is 0. The summed E-state index contributed by atoms with van der Waals surface area (Å²) in [5, 5.41) is -0.734. The van der Waals surface area contributed by atoms with Crippen molar-refractivity contribution in [2.24, 2.45) is 0 Å². The predicted octanol–water partition coefficient (Wildman–Crippen LogP) is -0.795. The third-order valence-corrected chi connectivity index (χ3v) is 2.26. The Morgan fingerprint density at radius 1 is 1.00 bits per heavy atom. The minimum Gasteiger partial charge on any atom is -0.559 e. The van der Waals surface area contributed by atoms with Crippen LogP contribution in [0.3, 0.4) is 0 Å².